The summed E-state index contributed by atoms with van der Waals surface area (Å²) < 4.78 is 0. The maximum atomic E-state index is 6.30. The van der Waals surface area contributed by atoms with E-state index in [0.717, 1.165) is 6.42 Å². The van der Waals surface area contributed by atoms with Crippen molar-refractivity contribution in [2.24, 2.45) is 5.73 Å². The molecular formula is C14H17N. The van der Waals surface area contributed by atoms with E-state index in [1.165, 1.54) is 16.3 Å². The first-order chi connectivity index (χ1) is 7.15. The zero-order chi connectivity index (χ0) is 10.9. The number of fused-ring (bicyclic) bond motifs is 1. The zero-order valence-corrected chi connectivity index (χ0v) is 9.33. The van der Waals surface area contributed by atoms with E-state index in [0.29, 0.717) is 0 Å². The van der Waals surface area contributed by atoms with Crippen molar-refractivity contribution in [2.75, 3.05) is 0 Å². The minimum Gasteiger partial charge on any atom is -0.322 e. The third kappa shape index (κ3) is 1.75. The fraction of sp³-hybridized carbons (Fsp3) is 0.286. The van der Waals surface area contributed by atoms with Gasteiger partial charge in [0.15, 0.2) is 0 Å². The van der Waals surface area contributed by atoms with E-state index in [-0.39, 0.29) is 5.54 Å². The van der Waals surface area contributed by atoms with Gasteiger partial charge in [0, 0.05) is 5.54 Å². The Bertz CT molecular complexity index is 466. The smallest absolute Gasteiger partial charge is 0.0384 e. The molecule has 0 fully saturated rings. The Hall–Kier alpha value is -1.34. The van der Waals surface area contributed by atoms with Crippen LogP contribution in [0.5, 0.6) is 0 Å². The highest BCUT2D eigenvalue weighted by atomic mass is 14.7. The van der Waals surface area contributed by atoms with Gasteiger partial charge in [-0.15, -0.1) is 0 Å². The molecule has 1 unspecified atom stereocenters. The highest BCUT2D eigenvalue weighted by molar-refractivity contribution is 5.86. The van der Waals surface area contributed by atoms with Gasteiger partial charge in [-0.3, -0.25) is 0 Å². The average Bonchev–Trinajstić information content (AvgIpc) is 2.28. The second kappa shape index (κ2) is 3.67. The van der Waals surface area contributed by atoms with Crippen LogP contribution in [0.2, 0.25) is 0 Å². The van der Waals surface area contributed by atoms with E-state index in [9.17, 15) is 0 Å². The molecule has 0 aliphatic carbocycles. The van der Waals surface area contributed by atoms with Crippen LogP contribution in [-0.2, 0) is 5.54 Å². The Morgan fingerprint density at radius 1 is 1.07 bits per heavy atom. The van der Waals surface area contributed by atoms with Crippen molar-refractivity contribution in [3.05, 3.63) is 48.0 Å². The lowest BCUT2D eigenvalue weighted by Gasteiger charge is -2.25. The summed E-state index contributed by atoms with van der Waals surface area (Å²) >= 11 is 0. The summed E-state index contributed by atoms with van der Waals surface area (Å²) in [7, 11) is 0. The van der Waals surface area contributed by atoms with Gasteiger partial charge in [-0.05, 0) is 29.7 Å². The second-order valence-corrected chi connectivity index (χ2v) is 4.30. The van der Waals surface area contributed by atoms with Gasteiger partial charge in [0.05, 0.1) is 0 Å². The molecule has 1 nitrogen and oxygen atoms in total. The van der Waals surface area contributed by atoms with Gasteiger partial charge in [-0.2, -0.15) is 0 Å². The maximum Gasteiger partial charge on any atom is 0.0384 e. The standard InChI is InChI=1S/C14H17N/c1-3-14(2,15)13-10-6-8-11-7-4-5-9-12(11)13/h4-10H,3,15H2,1-2H3. The van der Waals surface area contributed by atoms with E-state index in [1.807, 2.05) is 0 Å². The van der Waals surface area contributed by atoms with Crippen LogP contribution in [-0.4, -0.2) is 0 Å². The quantitative estimate of drug-likeness (QED) is 0.788. The lowest BCUT2D eigenvalue weighted by atomic mass is 9.87. The molecule has 2 aromatic carbocycles. The fourth-order valence-electron chi connectivity index (χ4n) is 1.91. The average molecular weight is 199 g/mol. The van der Waals surface area contributed by atoms with Crippen LogP contribution in [0.15, 0.2) is 42.5 Å². The molecule has 0 radical (unpaired) electrons. The highest BCUT2D eigenvalue weighted by Gasteiger charge is 2.20. The van der Waals surface area contributed by atoms with Crippen molar-refractivity contribution in [1.82, 2.24) is 0 Å². The Balaban J connectivity index is 2.71. The summed E-state index contributed by atoms with van der Waals surface area (Å²) in [5, 5.41) is 2.53. The minimum atomic E-state index is -0.235. The van der Waals surface area contributed by atoms with Crippen molar-refractivity contribution < 1.29 is 0 Å². The summed E-state index contributed by atoms with van der Waals surface area (Å²) in [5.74, 6) is 0. The summed E-state index contributed by atoms with van der Waals surface area (Å²) in [6.45, 7) is 4.22. The second-order valence-electron chi connectivity index (χ2n) is 4.30. The molecular weight excluding hydrogens is 182 g/mol. The number of nitrogens with two attached hydrogens (primary N) is 1. The molecule has 0 aliphatic heterocycles. The fourth-order valence-corrected chi connectivity index (χ4v) is 1.91. The van der Waals surface area contributed by atoms with Crippen LogP contribution in [0.1, 0.15) is 25.8 Å². The summed E-state index contributed by atoms with van der Waals surface area (Å²) in [6, 6.07) is 14.7. The van der Waals surface area contributed by atoms with Gasteiger partial charge < -0.3 is 5.73 Å². The topological polar surface area (TPSA) is 26.0 Å². The van der Waals surface area contributed by atoms with Crippen molar-refractivity contribution in [2.45, 2.75) is 25.8 Å². The van der Waals surface area contributed by atoms with Crippen molar-refractivity contribution in [1.29, 1.82) is 0 Å². The van der Waals surface area contributed by atoms with Crippen LogP contribution >= 0.6 is 0 Å². The predicted molar refractivity (Wildman–Crippen MR) is 65.8 cm³/mol. The number of hydrogen-bond acceptors (Lipinski definition) is 1. The van der Waals surface area contributed by atoms with E-state index in [4.69, 9.17) is 5.73 Å². The van der Waals surface area contributed by atoms with Gasteiger partial charge in [0.2, 0.25) is 0 Å². The molecule has 2 aromatic rings. The van der Waals surface area contributed by atoms with Crippen molar-refractivity contribution in [3.8, 4) is 0 Å². The molecule has 0 saturated heterocycles. The number of benzene rings is 2. The molecule has 0 aromatic heterocycles. The molecule has 0 heterocycles. The first-order valence-electron chi connectivity index (χ1n) is 5.42. The third-order valence-electron chi connectivity index (χ3n) is 3.14. The van der Waals surface area contributed by atoms with E-state index in [1.54, 1.807) is 0 Å². The van der Waals surface area contributed by atoms with Gasteiger partial charge in [-0.1, -0.05) is 49.4 Å². The molecule has 0 bridgehead atoms. The van der Waals surface area contributed by atoms with Crippen LogP contribution in [0.3, 0.4) is 0 Å². The Labute approximate surface area is 90.9 Å². The molecule has 0 spiro atoms. The summed E-state index contributed by atoms with van der Waals surface area (Å²) in [5.41, 5.74) is 7.31. The third-order valence-corrected chi connectivity index (χ3v) is 3.14. The molecule has 2 rings (SSSR count). The zero-order valence-electron chi connectivity index (χ0n) is 9.33. The number of rotatable bonds is 2. The normalized spacial score (nSPS) is 15.1. The van der Waals surface area contributed by atoms with E-state index >= 15 is 0 Å². The van der Waals surface area contributed by atoms with Gasteiger partial charge in [0.25, 0.3) is 0 Å². The maximum absolute atomic E-state index is 6.30. The van der Waals surface area contributed by atoms with Crippen LogP contribution in [0.4, 0.5) is 0 Å². The van der Waals surface area contributed by atoms with Gasteiger partial charge in [0.1, 0.15) is 0 Å². The van der Waals surface area contributed by atoms with E-state index in [2.05, 4.69) is 56.3 Å². The molecule has 0 aliphatic rings. The van der Waals surface area contributed by atoms with Crippen LogP contribution < -0.4 is 5.73 Å². The molecule has 0 saturated carbocycles. The Morgan fingerprint density at radius 2 is 1.73 bits per heavy atom. The van der Waals surface area contributed by atoms with Crippen LogP contribution in [0, 0.1) is 0 Å². The molecule has 1 atom stereocenters. The lowest BCUT2D eigenvalue weighted by Crippen LogP contribution is -2.32. The van der Waals surface area contributed by atoms with Crippen molar-refractivity contribution in [3.63, 3.8) is 0 Å². The van der Waals surface area contributed by atoms with Gasteiger partial charge in [-0.25, -0.2) is 0 Å². The van der Waals surface area contributed by atoms with E-state index < -0.39 is 0 Å². The first-order valence-corrected chi connectivity index (χ1v) is 5.42. The number of hydrogen-bond donors (Lipinski definition) is 1. The highest BCUT2D eigenvalue weighted by Crippen LogP contribution is 2.28. The van der Waals surface area contributed by atoms with Crippen LogP contribution in [0.25, 0.3) is 10.8 Å². The monoisotopic (exact) mass is 199 g/mol. The SMILES string of the molecule is CCC(C)(N)c1cccc2ccccc12. The molecule has 0 amide bonds. The summed E-state index contributed by atoms with van der Waals surface area (Å²) in [6.07, 6.45) is 0.945. The van der Waals surface area contributed by atoms with Gasteiger partial charge >= 0.3 is 0 Å². The Kier molecular flexibility index (Phi) is 2.49. The largest absolute Gasteiger partial charge is 0.322 e. The molecule has 78 valence electrons. The molecule has 1 heteroatoms. The lowest BCUT2D eigenvalue weighted by molar-refractivity contribution is 0.480. The molecule has 2 N–H and O–H groups in total. The van der Waals surface area contributed by atoms with Crippen molar-refractivity contribution >= 4 is 10.8 Å². The summed E-state index contributed by atoms with van der Waals surface area (Å²) in [4.78, 5) is 0. The minimum absolute atomic E-state index is 0.235. The predicted octanol–water partition coefficient (Wildman–Crippen LogP) is 3.42. The Morgan fingerprint density at radius 3 is 2.47 bits per heavy atom. The first kappa shape index (κ1) is 10.2. The molecule has 15 heavy (non-hydrogen) atoms.